The molecule has 0 bridgehead atoms. The highest BCUT2D eigenvalue weighted by atomic mass is 16.5. The predicted molar refractivity (Wildman–Crippen MR) is 297 cm³/mol. The molecule has 0 aromatic carbocycles. The zero-order valence-corrected chi connectivity index (χ0v) is 46.1. The molecule has 0 aromatic rings. The Morgan fingerprint density at radius 1 is 0.397 bits per heavy atom. The first kappa shape index (κ1) is 66.6. The highest BCUT2D eigenvalue weighted by molar-refractivity contribution is 5.76. The highest BCUT2D eigenvalue weighted by Crippen LogP contribution is 2.18. The molecule has 6 heteroatoms. The van der Waals surface area contributed by atoms with Gasteiger partial charge in [-0.15, -0.1) is 0 Å². The van der Waals surface area contributed by atoms with E-state index in [0.717, 1.165) is 44.9 Å². The summed E-state index contributed by atoms with van der Waals surface area (Å²) in [6.07, 6.45) is 69.2. The van der Waals surface area contributed by atoms with Crippen molar-refractivity contribution in [2.24, 2.45) is 0 Å². The number of carbonyl (C=O) groups excluding carboxylic acids is 2. The monoisotopic (exact) mass is 960 g/mol. The first-order chi connectivity index (χ1) is 33.5. The van der Waals surface area contributed by atoms with Crippen LogP contribution >= 0.6 is 0 Å². The van der Waals surface area contributed by atoms with Crippen molar-refractivity contribution in [2.75, 3.05) is 13.2 Å². The number of ether oxygens (including phenoxy) is 1. The Bertz CT molecular complexity index is 1020. The van der Waals surface area contributed by atoms with Gasteiger partial charge in [0.15, 0.2) is 0 Å². The van der Waals surface area contributed by atoms with Crippen LogP contribution in [0.3, 0.4) is 0 Å². The number of esters is 1. The summed E-state index contributed by atoms with van der Waals surface area (Å²) < 4.78 is 5.49. The summed E-state index contributed by atoms with van der Waals surface area (Å²) in [6.45, 7) is 4.96. The Balaban J connectivity index is 3.41. The predicted octanol–water partition coefficient (Wildman–Crippen LogP) is 19.2. The van der Waals surface area contributed by atoms with Gasteiger partial charge in [0.1, 0.15) is 0 Å². The normalized spacial score (nSPS) is 12.6. The first-order valence-electron chi connectivity index (χ1n) is 30.9. The zero-order valence-electron chi connectivity index (χ0n) is 46.1. The quantitative estimate of drug-likeness (QED) is 0.0321. The second-order valence-electron chi connectivity index (χ2n) is 21.4. The first-order valence-corrected chi connectivity index (χ1v) is 30.9. The molecule has 404 valence electrons. The van der Waals surface area contributed by atoms with E-state index in [1.165, 1.54) is 270 Å². The number of carbonyl (C=O) groups is 2. The smallest absolute Gasteiger partial charge is 0.305 e. The lowest BCUT2D eigenvalue weighted by Gasteiger charge is -2.22. The molecule has 0 heterocycles. The number of nitrogens with one attached hydrogen (secondary N) is 1. The summed E-state index contributed by atoms with van der Waals surface area (Å²) in [5, 5.41) is 23.3. The molecule has 2 atom stereocenters. The van der Waals surface area contributed by atoms with Gasteiger partial charge in [-0.25, -0.2) is 0 Å². The Labute approximate surface area is 425 Å². The second-order valence-corrected chi connectivity index (χ2v) is 21.4. The Kier molecular flexibility index (Phi) is 57.0. The Morgan fingerprint density at radius 2 is 0.691 bits per heavy atom. The lowest BCUT2D eigenvalue weighted by atomic mass is 10.0. The van der Waals surface area contributed by atoms with Crippen LogP contribution in [-0.2, 0) is 14.3 Å². The largest absolute Gasteiger partial charge is 0.466 e. The standard InChI is InChI=1S/C62H121NO5/c1-3-5-7-9-11-13-15-17-19-21-23-26-30-34-38-42-46-50-54-60(65)59(58-64)63-61(66)55-51-47-43-39-35-31-27-24-25-29-33-37-41-45-49-53-57-68-62(67)56-52-48-44-40-36-32-28-22-20-18-16-14-12-10-8-6-4-2/h18,20,59-60,64-65H,3-17,19,21-58H2,1-2H3,(H,63,66)/b20-18-. The fourth-order valence-electron chi connectivity index (χ4n) is 9.81. The summed E-state index contributed by atoms with van der Waals surface area (Å²) in [4.78, 5) is 24.6. The Morgan fingerprint density at radius 3 is 1.04 bits per heavy atom. The number of aliphatic hydroxyl groups excluding tert-OH is 2. The zero-order chi connectivity index (χ0) is 49.3. The number of amides is 1. The minimum Gasteiger partial charge on any atom is -0.466 e. The average molecular weight is 961 g/mol. The van der Waals surface area contributed by atoms with Gasteiger partial charge in [0.2, 0.25) is 5.91 Å². The summed E-state index contributed by atoms with van der Waals surface area (Å²) in [6, 6.07) is -0.547. The average Bonchev–Trinajstić information content (AvgIpc) is 3.34. The van der Waals surface area contributed by atoms with Crippen molar-refractivity contribution in [2.45, 2.75) is 360 Å². The van der Waals surface area contributed by atoms with Gasteiger partial charge in [-0.2, -0.15) is 0 Å². The van der Waals surface area contributed by atoms with Gasteiger partial charge in [0.05, 0.1) is 25.4 Å². The third-order valence-corrected chi connectivity index (χ3v) is 14.6. The van der Waals surface area contributed by atoms with Crippen molar-refractivity contribution >= 4 is 11.9 Å². The highest BCUT2D eigenvalue weighted by Gasteiger charge is 2.20. The molecule has 0 rings (SSSR count). The van der Waals surface area contributed by atoms with Crippen LogP contribution in [0.2, 0.25) is 0 Å². The summed E-state index contributed by atoms with van der Waals surface area (Å²) >= 11 is 0. The van der Waals surface area contributed by atoms with E-state index in [0.29, 0.717) is 25.9 Å². The summed E-state index contributed by atoms with van der Waals surface area (Å²) in [5.41, 5.74) is 0. The van der Waals surface area contributed by atoms with Crippen LogP contribution in [0, 0.1) is 0 Å². The van der Waals surface area contributed by atoms with Gasteiger partial charge in [-0.05, 0) is 51.4 Å². The van der Waals surface area contributed by atoms with Crippen LogP contribution in [0.15, 0.2) is 12.2 Å². The maximum absolute atomic E-state index is 12.5. The van der Waals surface area contributed by atoms with Gasteiger partial charge < -0.3 is 20.3 Å². The van der Waals surface area contributed by atoms with Crippen LogP contribution in [0.25, 0.3) is 0 Å². The van der Waals surface area contributed by atoms with Gasteiger partial charge in [0.25, 0.3) is 0 Å². The molecule has 0 aliphatic carbocycles. The van der Waals surface area contributed by atoms with E-state index in [-0.39, 0.29) is 18.5 Å². The molecule has 6 nitrogen and oxygen atoms in total. The second kappa shape index (κ2) is 58.2. The summed E-state index contributed by atoms with van der Waals surface area (Å²) in [5.74, 6) is -0.0376. The maximum atomic E-state index is 12.5. The van der Waals surface area contributed by atoms with Crippen LogP contribution in [0.5, 0.6) is 0 Å². The van der Waals surface area contributed by atoms with E-state index in [1.807, 2.05) is 0 Å². The van der Waals surface area contributed by atoms with Crippen LogP contribution in [-0.4, -0.2) is 47.4 Å². The third-order valence-electron chi connectivity index (χ3n) is 14.6. The molecule has 68 heavy (non-hydrogen) atoms. The molecule has 0 radical (unpaired) electrons. The molecule has 0 saturated heterocycles. The number of hydrogen-bond donors (Lipinski definition) is 3. The molecule has 0 spiro atoms. The van der Waals surface area contributed by atoms with E-state index in [1.54, 1.807) is 0 Å². The summed E-state index contributed by atoms with van der Waals surface area (Å²) in [7, 11) is 0. The number of rotatable bonds is 58. The topological polar surface area (TPSA) is 95.9 Å². The molecular weight excluding hydrogens is 839 g/mol. The molecule has 0 aliphatic rings. The fourth-order valence-corrected chi connectivity index (χ4v) is 9.81. The third kappa shape index (κ3) is 53.9. The minimum absolute atomic E-state index is 0.000889. The molecule has 3 N–H and O–H groups in total. The van der Waals surface area contributed by atoms with Crippen molar-refractivity contribution in [3.05, 3.63) is 12.2 Å². The molecule has 0 saturated carbocycles. The maximum Gasteiger partial charge on any atom is 0.305 e. The van der Waals surface area contributed by atoms with Crippen LogP contribution in [0.1, 0.15) is 348 Å². The van der Waals surface area contributed by atoms with Gasteiger partial charge in [-0.3, -0.25) is 9.59 Å². The molecule has 0 fully saturated rings. The number of unbranched alkanes of at least 4 members (excludes halogenated alkanes) is 45. The van der Waals surface area contributed by atoms with Crippen molar-refractivity contribution in [3.63, 3.8) is 0 Å². The molecule has 0 aliphatic heterocycles. The fraction of sp³-hybridized carbons (Fsp3) is 0.935. The van der Waals surface area contributed by atoms with E-state index in [4.69, 9.17) is 4.74 Å². The van der Waals surface area contributed by atoms with Gasteiger partial charge in [0, 0.05) is 12.8 Å². The molecule has 2 unspecified atom stereocenters. The van der Waals surface area contributed by atoms with E-state index in [9.17, 15) is 19.8 Å². The number of allylic oxidation sites excluding steroid dienone is 2. The molecule has 0 aromatic heterocycles. The van der Waals surface area contributed by atoms with E-state index >= 15 is 0 Å². The van der Waals surface area contributed by atoms with Crippen molar-refractivity contribution in [3.8, 4) is 0 Å². The van der Waals surface area contributed by atoms with Gasteiger partial charge in [-0.1, -0.05) is 296 Å². The van der Waals surface area contributed by atoms with Crippen molar-refractivity contribution in [1.82, 2.24) is 5.32 Å². The van der Waals surface area contributed by atoms with Crippen LogP contribution in [0.4, 0.5) is 0 Å². The number of aliphatic hydroxyl groups is 2. The van der Waals surface area contributed by atoms with E-state index in [2.05, 4.69) is 31.3 Å². The van der Waals surface area contributed by atoms with Gasteiger partial charge >= 0.3 is 5.97 Å². The minimum atomic E-state index is -0.669. The van der Waals surface area contributed by atoms with Crippen molar-refractivity contribution in [1.29, 1.82) is 0 Å². The Hall–Kier alpha value is -1.40. The lowest BCUT2D eigenvalue weighted by Crippen LogP contribution is -2.45. The molecular formula is C62H121NO5. The lowest BCUT2D eigenvalue weighted by molar-refractivity contribution is -0.143. The van der Waals surface area contributed by atoms with Crippen LogP contribution < -0.4 is 5.32 Å². The number of hydrogen-bond acceptors (Lipinski definition) is 5. The van der Waals surface area contributed by atoms with E-state index < -0.39 is 12.1 Å². The molecule has 1 amide bonds. The SMILES string of the molecule is CCCCCCCC/C=C\CCCCCCCCCC(=O)OCCCCCCCCCCCCCCCCCCC(=O)NC(CO)C(O)CCCCCCCCCCCCCCCCCCCC. The van der Waals surface area contributed by atoms with Crippen molar-refractivity contribution < 1.29 is 24.5 Å².